The minimum Gasteiger partial charge on any atom is -0.416 e. The van der Waals surface area contributed by atoms with Crippen LogP contribution in [0, 0.1) is 6.92 Å². The number of hydrogen-bond donors (Lipinski definition) is 1. The molecule has 9 heteroatoms. The van der Waals surface area contributed by atoms with Gasteiger partial charge >= 0.3 is 0 Å². The Morgan fingerprint density at radius 2 is 2.26 bits per heavy atom. The summed E-state index contributed by atoms with van der Waals surface area (Å²) in [5, 5.41) is 11.1. The molecule has 0 radical (unpaired) electrons. The van der Waals surface area contributed by atoms with Gasteiger partial charge in [0.1, 0.15) is 0 Å². The second kappa shape index (κ2) is 7.40. The molecule has 1 N–H and O–H groups in total. The lowest BCUT2D eigenvalue weighted by Crippen LogP contribution is -2.48. The summed E-state index contributed by atoms with van der Waals surface area (Å²) in [6, 6.07) is 1.90. The van der Waals surface area contributed by atoms with Crippen LogP contribution in [0.5, 0.6) is 0 Å². The van der Waals surface area contributed by atoms with E-state index in [-0.39, 0.29) is 17.7 Å². The van der Waals surface area contributed by atoms with Crippen LogP contribution >= 0.6 is 11.8 Å². The maximum Gasteiger partial charge on any atom is 0.277 e. The van der Waals surface area contributed by atoms with Gasteiger partial charge in [-0.3, -0.25) is 4.79 Å². The minimum atomic E-state index is -0.0355. The van der Waals surface area contributed by atoms with Crippen LogP contribution in [0.1, 0.15) is 18.7 Å². The molecule has 0 aliphatic carbocycles. The van der Waals surface area contributed by atoms with Gasteiger partial charge in [0.05, 0.1) is 5.75 Å². The molecule has 1 fully saturated rings. The normalized spacial score (nSPS) is 18.0. The number of carbonyl (C=O) groups is 1. The number of thioether (sulfide) groups is 1. The first kappa shape index (κ1) is 15.7. The summed E-state index contributed by atoms with van der Waals surface area (Å²) in [6.45, 7) is 3.35. The largest absolute Gasteiger partial charge is 0.416 e. The quantitative estimate of drug-likeness (QED) is 0.810. The van der Waals surface area contributed by atoms with Crippen LogP contribution in [0.3, 0.4) is 0 Å². The van der Waals surface area contributed by atoms with Crippen molar-refractivity contribution in [3.63, 3.8) is 0 Å². The highest BCUT2D eigenvalue weighted by atomic mass is 32.2. The van der Waals surface area contributed by atoms with E-state index in [2.05, 4.69) is 30.4 Å². The predicted octanol–water partition coefficient (Wildman–Crippen LogP) is 1.05. The van der Waals surface area contributed by atoms with Crippen molar-refractivity contribution >= 4 is 23.6 Å². The van der Waals surface area contributed by atoms with E-state index in [1.807, 2.05) is 0 Å². The van der Waals surface area contributed by atoms with Crippen LogP contribution in [0.25, 0.3) is 0 Å². The molecule has 8 nitrogen and oxygen atoms in total. The summed E-state index contributed by atoms with van der Waals surface area (Å²) in [5.41, 5.74) is 0. The molecule has 0 spiro atoms. The van der Waals surface area contributed by atoms with Crippen molar-refractivity contribution in [1.82, 2.24) is 25.5 Å². The van der Waals surface area contributed by atoms with Gasteiger partial charge in [0.15, 0.2) is 0 Å². The van der Waals surface area contributed by atoms with Crippen molar-refractivity contribution in [2.75, 3.05) is 23.7 Å². The highest BCUT2D eigenvalue weighted by Gasteiger charge is 2.23. The molecule has 2 aromatic heterocycles. The third-order valence-corrected chi connectivity index (χ3v) is 4.27. The van der Waals surface area contributed by atoms with E-state index >= 15 is 0 Å². The molecule has 3 rings (SSSR count). The van der Waals surface area contributed by atoms with Crippen molar-refractivity contribution in [3.05, 3.63) is 24.4 Å². The zero-order valence-corrected chi connectivity index (χ0v) is 13.6. The fourth-order valence-electron chi connectivity index (χ4n) is 2.46. The first-order valence-corrected chi connectivity index (χ1v) is 8.43. The number of anilines is 1. The summed E-state index contributed by atoms with van der Waals surface area (Å²) in [6.07, 6.45) is 5.42. The van der Waals surface area contributed by atoms with Gasteiger partial charge in [0, 0.05) is 38.4 Å². The summed E-state index contributed by atoms with van der Waals surface area (Å²) in [7, 11) is 0. The van der Waals surface area contributed by atoms with Crippen LogP contribution in [-0.2, 0) is 4.79 Å². The van der Waals surface area contributed by atoms with Crippen LogP contribution in [0.4, 0.5) is 5.95 Å². The molecule has 2 aromatic rings. The summed E-state index contributed by atoms with van der Waals surface area (Å²) in [4.78, 5) is 22.7. The molecule has 1 saturated heterocycles. The average Bonchev–Trinajstić information content (AvgIpc) is 3.00. The lowest BCUT2D eigenvalue weighted by molar-refractivity contribution is -0.119. The van der Waals surface area contributed by atoms with E-state index < -0.39 is 0 Å². The molecule has 1 aliphatic rings. The number of aromatic nitrogens is 4. The standard InChI is InChI=1S/C14H18N6O2S/c1-10-18-19-14(22-10)23-9-12(21)17-11-4-2-7-20(8-11)13-15-5-3-6-16-13/h3,5-6,11H,2,4,7-9H2,1H3,(H,17,21)/t11-/m1/s1. The Morgan fingerprint density at radius 1 is 1.43 bits per heavy atom. The highest BCUT2D eigenvalue weighted by Crippen LogP contribution is 2.17. The van der Waals surface area contributed by atoms with Gasteiger partial charge in [-0.25, -0.2) is 9.97 Å². The smallest absolute Gasteiger partial charge is 0.277 e. The molecule has 0 saturated carbocycles. The van der Waals surface area contributed by atoms with Gasteiger partial charge in [0.2, 0.25) is 17.7 Å². The first-order valence-electron chi connectivity index (χ1n) is 7.45. The van der Waals surface area contributed by atoms with Gasteiger partial charge in [-0.05, 0) is 18.9 Å². The highest BCUT2D eigenvalue weighted by molar-refractivity contribution is 7.99. The fraction of sp³-hybridized carbons (Fsp3) is 0.500. The number of hydrogen-bond acceptors (Lipinski definition) is 8. The summed E-state index contributed by atoms with van der Waals surface area (Å²) in [5.74, 6) is 1.44. The number of carbonyl (C=O) groups excluding carboxylic acids is 1. The Labute approximate surface area is 138 Å². The molecular formula is C14H18N6O2S. The molecule has 0 aromatic carbocycles. The Kier molecular flexibility index (Phi) is 5.06. The lowest BCUT2D eigenvalue weighted by Gasteiger charge is -2.33. The summed E-state index contributed by atoms with van der Waals surface area (Å²) >= 11 is 1.24. The SMILES string of the molecule is Cc1nnc(SCC(=O)N[C@@H]2CCCN(c3ncccn3)C2)o1. The van der Waals surface area contributed by atoms with Crippen molar-refractivity contribution in [2.45, 2.75) is 31.0 Å². The maximum atomic E-state index is 12.1. The zero-order chi connectivity index (χ0) is 16.1. The molecule has 1 aliphatic heterocycles. The van der Waals surface area contributed by atoms with Gasteiger partial charge in [0.25, 0.3) is 5.22 Å². The summed E-state index contributed by atoms with van der Waals surface area (Å²) < 4.78 is 5.23. The van der Waals surface area contributed by atoms with Crippen molar-refractivity contribution in [1.29, 1.82) is 0 Å². The van der Waals surface area contributed by atoms with Crippen molar-refractivity contribution < 1.29 is 9.21 Å². The second-order valence-electron chi connectivity index (χ2n) is 5.28. The molecule has 0 unspecified atom stereocenters. The Morgan fingerprint density at radius 3 is 3.00 bits per heavy atom. The second-order valence-corrected chi connectivity index (χ2v) is 6.20. The monoisotopic (exact) mass is 334 g/mol. The number of amides is 1. The Hall–Kier alpha value is -2.16. The van der Waals surface area contributed by atoms with E-state index in [9.17, 15) is 4.79 Å². The van der Waals surface area contributed by atoms with E-state index in [1.54, 1.807) is 25.4 Å². The molecule has 3 heterocycles. The molecule has 1 atom stereocenters. The van der Waals surface area contributed by atoms with Crippen molar-refractivity contribution in [3.8, 4) is 0 Å². The van der Waals surface area contributed by atoms with Crippen LogP contribution in [0.2, 0.25) is 0 Å². The van der Waals surface area contributed by atoms with Gasteiger partial charge in [-0.1, -0.05) is 11.8 Å². The van der Waals surface area contributed by atoms with E-state index in [0.29, 0.717) is 17.1 Å². The van der Waals surface area contributed by atoms with Crippen LogP contribution in [0.15, 0.2) is 28.1 Å². The lowest BCUT2D eigenvalue weighted by atomic mass is 10.1. The average molecular weight is 334 g/mol. The number of aryl methyl sites for hydroxylation is 1. The topological polar surface area (TPSA) is 97.0 Å². The Balaban J connectivity index is 1.48. The van der Waals surface area contributed by atoms with Gasteiger partial charge in [-0.2, -0.15) is 0 Å². The van der Waals surface area contributed by atoms with Crippen LogP contribution in [-0.4, -0.2) is 51.0 Å². The third kappa shape index (κ3) is 4.41. The zero-order valence-electron chi connectivity index (χ0n) is 12.8. The van der Waals surface area contributed by atoms with Gasteiger partial charge in [-0.15, -0.1) is 10.2 Å². The Bertz CT molecular complexity index is 650. The fourth-order valence-corrected chi connectivity index (χ4v) is 3.08. The van der Waals surface area contributed by atoms with E-state index in [1.165, 1.54) is 11.8 Å². The molecule has 122 valence electrons. The minimum absolute atomic E-state index is 0.0355. The molecule has 1 amide bonds. The predicted molar refractivity (Wildman–Crippen MR) is 85.2 cm³/mol. The molecule has 23 heavy (non-hydrogen) atoms. The van der Waals surface area contributed by atoms with Crippen LogP contribution < -0.4 is 10.2 Å². The third-order valence-electron chi connectivity index (χ3n) is 3.46. The van der Waals surface area contributed by atoms with E-state index in [0.717, 1.165) is 25.9 Å². The van der Waals surface area contributed by atoms with Gasteiger partial charge < -0.3 is 14.6 Å². The maximum absolute atomic E-state index is 12.1. The molecule has 0 bridgehead atoms. The first-order chi connectivity index (χ1) is 11.2. The number of piperidine rings is 1. The van der Waals surface area contributed by atoms with Crippen molar-refractivity contribution in [2.24, 2.45) is 0 Å². The number of rotatable bonds is 5. The number of nitrogens with zero attached hydrogens (tertiary/aromatic N) is 5. The molecular weight excluding hydrogens is 316 g/mol. The number of nitrogens with one attached hydrogen (secondary N) is 1. The van der Waals surface area contributed by atoms with E-state index in [4.69, 9.17) is 4.42 Å².